The summed E-state index contributed by atoms with van der Waals surface area (Å²) in [5.41, 5.74) is 0.926. The van der Waals surface area contributed by atoms with Gasteiger partial charge in [0.25, 0.3) is 10.0 Å². The molecule has 1 fully saturated rings. The molecule has 108 valence electrons. The fourth-order valence-electron chi connectivity index (χ4n) is 2.19. The molecule has 7 heteroatoms. The van der Waals surface area contributed by atoms with E-state index < -0.39 is 28.0 Å². The van der Waals surface area contributed by atoms with Gasteiger partial charge in [0.1, 0.15) is 0 Å². The van der Waals surface area contributed by atoms with Gasteiger partial charge in [0.05, 0.1) is 17.5 Å². The lowest BCUT2D eigenvalue weighted by Crippen LogP contribution is -2.39. The van der Waals surface area contributed by atoms with Gasteiger partial charge in [-0.1, -0.05) is 17.7 Å². The van der Waals surface area contributed by atoms with Gasteiger partial charge in [-0.2, -0.15) is 0 Å². The number of carbonyl (C=O) groups is 2. The summed E-state index contributed by atoms with van der Waals surface area (Å²) in [5.74, 6) is -0.455. The van der Waals surface area contributed by atoms with Crippen LogP contribution in [0.25, 0.3) is 0 Å². The average Bonchev–Trinajstić information content (AvgIpc) is 2.66. The average molecular weight is 296 g/mol. The van der Waals surface area contributed by atoms with Crippen LogP contribution in [0.15, 0.2) is 29.2 Å². The number of amides is 3. The summed E-state index contributed by atoms with van der Waals surface area (Å²) in [5, 5.41) is 0. The van der Waals surface area contributed by atoms with Crippen LogP contribution in [-0.4, -0.2) is 42.1 Å². The summed E-state index contributed by atoms with van der Waals surface area (Å²) in [6, 6.07) is 5.00. The van der Waals surface area contributed by atoms with Crippen molar-refractivity contribution in [2.75, 3.05) is 6.54 Å². The predicted octanol–water partition coefficient (Wildman–Crippen LogP) is 1.36. The molecule has 1 atom stereocenters. The number of hydrogen-bond donors (Lipinski definition) is 0. The summed E-state index contributed by atoms with van der Waals surface area (Å²) >= 11 is 0. The van der Waals surface area contributed by atoms with E-state index in [1.165, 1.54) is 19.1 Å². The fourth-order valence-corrected chi connectivity index (χ4v) is 3.63. The van der Waals surface area contributed by atoms with Gasteiger partial charge in [0, 0.05) is 6.92 Å². The Hall–Kier alpha value is -1.89. The van der Waals surface area contributed by atoms with Crippen molar-refractivity contribution in [3.63, 3.8) is 0 Å². The normalized spacial score (nSPS) is 19.6. The molecule has 0 aliphatic carbocycles. The molecule has 1 aromatic rings. The number of aryl methyl sites for hydroxylation is 1. The van der Waals surface area contributed by atoms with Crippen LogP contribution < -0.4 is 0 Å². The lowest BCUT2D eigenvalue weighted by Gasteiger charge is -2.17. The highest BCUT2D eigenvalue weighted by Crippen LogP contribution is 2.24. The molecule has 3 amide bonds. The lowest BCUT2D eigenvalue weighted by molar-refractivity contribution is -0.126. The zero-order valence-electron chi connectivity index (χ0n) is 11.5. The second kappa shape index (κ2) is 4.90. The molecule has 1 aliphatic rings. The fraction of sp³-hybridized carbons (Fsp3) is 0.385. The molecule has 0 saturated carbocycles. The summed E-state index contributed by atoms with van der Waals surface area (Å²) in [4.78, 5) is 24.5. The van der Waals surface area contributed by atoms with Gasteiger partial charge in [-0.05, 0) is 26.0 Å². The van der Waals surface area contributed by atoms with E-state index in [4.69, 9.17) is 0 Å². The van der Waals surface area contributed by atoms with Crippen molar-refractivity contribution < 1.29 is 18.0 Å². The number of hydrogen-bond acceptors (Lipinski definition) is 4. The molecular formula is C13H16N2O4S. The lowest BCUT2D eigenvalue weighted by atomic mass is 10.2. The molecule has 1 saturated heterocycles. The topological polar surface area (TPSA) is 74.8 Å². The van der Waals surface area contributed by atoms with E-state index in [-0.39, 0.29) is 11.4 Å². The van der Waals surface area contributed by atoms with Crippen LogP contribution in [0.4, 0.5) is 4.79 Å². The van der Waals surface area contributed by atoms with Gasteiger partial charge in [-0.25, -0.2) is 17.5 Å². The Labute approximate surface area is 118 Å². The first-order chi connectivity index (χ1) is 9.25. The summed E-state index contributed by atoms with van der Waals surface area (Å²) in [6.45, 7) is 4.71. The van der Waals surface area contributed by atoms with Gasteiger partial charge >= 0.3 is 6.03 Å². The van der Waals surface area contributed by atoms with Gasteiger partial charge in [0.2, 0.25) is 5.91 Å². The Bertz CT molecular complexity index is 651. The van der Waals surface area contributed by atoms with Crippen LogP contribution >= 0.6 is 0 Å². The van der Waals surface area contributed by atoms with E-state index in [0.29, 0.717) is 0 Å². The highest BCUT2D eigenvalue weighted by Gasteiger charge is 2.43. The maximum Gasteiger partial charge on any atom is 0.341 e. The number of carbonyl (C=O) groups excluding carboxylic acids is 2. The maximum absolute atomic E-state index is 12.4. The molecule has 0 bridgehead atoms. The van der Waals surface area contributed by atoms with Crippen molar-refractivity contribution in [2.24, 2.45) is 0 Å². The molecular weight excluding hydrogens is 280 g/mol. The van der Waals surface area contributed by atoms with Gasteiger partial charge in [-0.15, -0.1) is 0 Å². The highest BCUT2D eigenvalue weighted by atomic mass is 32.2. The molecule has 1 heterocycles. The largest absolute Gasteiger partial charge is 0.341 e. The Morgan fingerprint density at radius 1 is 1.25 bits per heavy atom. The molecule has 0 N–H and O–H groups in total. The summed E-state index contributed by atoms with van der Waals surface area (Å²) in [6.07, 6.45) is 0. The van der Waals surface area contributed by atoms with E-state index in [1.54, 1.807) is 19.1 Å². The van der Waals surface area contributed by atoms with E-state index in [9.17, 15) is 18.0 Å². The first-order valence-electron chi connectivity index (χ1n) is 6.18. The van der Waals surface area contributed by atoms with Crippen molar-refractivity contribution >= 4 is 22.0 Å². The van der Waals surface area contributed by atoms with E-state index in [2.05, 4.69) is 0 Å². The van der Waals surface area contributed by atoms with Crippen molar-refractivity contribution in [1.82, 2.24) is 9.21 Å². The third-order valence-electron chi connectivity index (χ3n) is 3.24. The summed E-state index contributed by atoms with van der Waals surface area (Å²) in [7, 11) is -3.91. The van der Waals surface area contributed by atoms with Crippen molar-refractivity contribution in [3.8, 4) is 0 Å². The maximum atomic E-state index is 12.4. The van der Waals surface area contributed by atoms with E-state index in [1.807, 2.05) is 6.92 Å². The first kappa shape index (κ1) is 14.5. The molecule has 0 spiro atoms. The quantitative estimate of drug-likeness (QED) is 0.825. The number of imide groups is 1. The number of urea groups is 1. The Kier molecular flexibility index (Phi) is 3.56. The minimum Gasteiger partial charge on any atom is -0.275 e. The summed E-state index contributed by atoms with van der Waals surface area (Å²) < 4.78 is 25.6. The van der Waals surface area contributed by atoms with Crippen LogP contribution in [0.1, 0.15) is 19.4 Å². The third-order valence-corrected chi connectivity index (χ3v) is 4.99. The predicted molar refractivity (Wildman–Crippen MR) is 72.4 cm³/mol. The van der Waals surface area contributed by atoms with Crippen LogP contribution in [0.2, 0.25) is 0 Å². The molecule has 0 aromatic heterocycles. The second-order valence-corrected chi connectivity index (χ2v) is 6.73. The first-order valence-corrected chi connectivity index (χ1v) is 7.62. The van der Waals surface area contributed by atoms with Crippen molar-refractivity contribution in [2.45, 2.75) is 31.7 Å². The Balaban J connectivity index is 2.39. The molecule has 2 rings (SSSR count). The second-order valence-electron chi connectivity index (χ2n) is 4.87. The third kappa shape index (κ3) is 2.29. The Morgan fingerprint density at radius 2 is 1.80 bits per heavy atom. The zero-order valence-corrected chi connectivity index (χ0v) is 12.3. The minimum absolute atomic E-state index is 0.0192. The minimum atomic E-state index is -3.91. The number of benzene rings is 1. The van der Waals surface area contributed by atoms with Crippen LogP contribution in [-0.2, 0) is 14.8 Å². The molecule has 1 aliphatic heterocycles. The molecule has 0 radical (unpaired) electrons. The van der Waals surface area contributed by atoms with Crippen LogP contribution in [0.3, 0.4) is 0 Å². The molecule has 20 heavy (non-hydrogen) atoms. The van der Waals surface area contributed by atoms with Gasteiger partial charge < -0.3 is 0 Å². The Morgan fingerprint density at radius 3 is 2.25 bits per heavy atom. The monoisotopic (exact) mass is 296 g/mol. The molecule has 1 unspecified atom stereocenters. The number of nitrogens with zero attached hydrogens (tertiary/aromatic N) is 2. The van der Waals surface area contributed by atoms with Crippen LogP contribution in [0, 0.1) is 6.92 Å². The van der Waals surface area contributed by atoms with Crippen molar-refractivity contribution in [1.29, 1.82) is 0 Å². The van der Waals surface area contributed by atoms with E-state index >= 15 is 0 Å². The van der Waals surface area contributed by atoms with Crippen LogP contribution in [0.5, 0.6) is 0 Å². The van der Waals surface area contributed by atoms with E-state index in [0.717, 1.165) is 14.8 Å². The van der Waals surface area contributed by atoms with Crippen molar-refractivity contribution in [3.05, 3.63) is 29.8 Å². The zero-order chi connectivity index (χ0) is 15.1. The number of rotatable bonds is 2. The number of sulfonamides is 1. The van der Waals surface area contributed by atoms with Gasteiger partial charge in [-0.3, -0.25) is 9.69 Å². The highest BCUT2D eigenvalue weighted by molar-refractivity contribution is 7.89. The van der Waals surface area contributed by atoms with Gasteiger partial charge in [0.15, 0.2) is 0 Å². The smallest absolute Gasteiger partial charge is 0.275 e. The molecule has 1 aromatic carbocycles. The SMILES string of the molecule is CC(=O)N1C(=O)N(S(=O)(=O)c2ccc(C)cc2)CC1C. The standard InChI is InChI=1S/C13H16N2O4S/c1-9-4-6-12(7-5-9)20(18,19)14-8-10(2)15(11(3)16)13(14)17/h4-7,10H,8H2,1-3H3. The molecule has 6 nitrogen and oxygen atoms in total.